The zero-order valence-corrected chi connectivity index (χ0v) is 9.71. The third kappa shape index (κ3) is 1.27. The van der Waals surface area contributed by atoms with Crippen LogP contribution in [0.5, 0.6) is 0 Å². The first kappa shape index (κ1) is 9.23. The summed E-state index contributed by atoms with van der Waals surface area (Å²) in [4.78, 5) is 4.92. The molecule has 0 amide bonds. The molecule has 2 fully saturated rings. The molecule has 1 aliphatic heterocycles. The van der Waals surface area contributed by atoms with Crippen LogP contribution < -0.4 is 5.32 Å². The van der Waals surface area contributed by atoms with Crippen LogP contribution in [0.3, 0.4) is 0 Å². The molecule has 3 nitrogen and oxygen atoms in total. The number of nitrogens with zero attached hydrogens (tertiary/aromatic N) is 2. The summed E-state index contributed by atoms with van der Waals surface area (Å²) < 4.78 is 2.64. The Kier molecular flexibility index (Phi) is 1.92. The van der Waals surface area contributed by atoms with Crippen molar-refractivity contribution in [2.45, 2.75) is 57.0 Å². The molecule has 0 unspecified atom stereocenters. The summed E-state index contributed by atoms with van der Waals surface area (Å²) in [7, 11) is 0. The van der Waals surface area contributed by atoms with Crippen LogP contribution >= 0.6 is 0 Å². The topological polar surface area (TPSA) is 29.9 Å². The molecule has 16 heavy (non-hydrogen) atoms. The summed E-state index contributed by atoms with van der Waals surface area (Å²) in [5, 5.41) is 3.44. The van der Waals surface area contributed by atoms with Crippen LogP contribution in [0.15, 0.2) is 0 Å². The van der Waals surface area contributed by atoms with E-state index in [1.165, 1.54) is 50.0 Å². The number of hydrogen-bond donors (Lipinski definition) is 1. The predicted molar refractivity (Wildman–Crippen MR) is 62.5 cm³/mol. The van der Waals surface area contributed by atoms with E-state index in [9.17, 15) is 0 Å². The Morgan fingerprint density at radius 2 is 2.06 bits per heavy atom. The van der Waals surface area contributed by atoms with Gasteiger partial charge in [-0.25, -0.2) is 4.98 Å². The molecule has 0 atom stereocenters. The molecule has 1 aromatic heterocycles. The summed E-state index contributed by atoms with van der Waals surface area (Å²) in [6.45, 7) is 2.13. The van der Waals surface area contributed by atoms with Crippen LogP contribution in [0.4, 0.5) is 0 Å². The number of nitrogens with one attached hydrogen (secondary N) is 1. The van der Waals surface area contributed by atoms with Gasteiger partial charge in [-0.15, -0.1) is 0 Å². The van der Waals surface area contributed by atoms with Gasteiger partial charge >= 0.3 is 0 Å². The number of imidazole rings is 1. The number of fused-ring (bicyclic) bond motifs is 1. The molecule has 0 spiro atoms. The van der Waals surface area contributed by atoms with Crippen molar-refractivity contribution >= 4 is 0 Å². The second-order valence-electron chi connectivity index (χ2n) is 5.52. The van der Waals surface area contributed by atoms with Crippen molar-refractivity contribution in [3.05, 3.63) is 17.2 Å². The smallest absolute Gasteiger partial charge is 0.112 e. The highest BCUT2D eigenvalue weighted by molar-refractivity contribution is 5.25. The molecule has 4 rings (SSSR count). The molecule has 3 aliphatic rings. The molecule has 0 bridgehead atoms. The standard InChI is InChI=1S/C13H19N3/c1-2-10(3-1)16-12-6-7-14-8-11(12)15-13(16)9-4-5-9/h9-10,14H,1-8H2. The lowest BCUT2D eigenvalue weighted by Crippen LogP contribution is -2.27. The van der Waals surface area contributed by atoms with Gasteiger partial charge in [0, 0.05) is 37.2 Å². The Morgan fingerprint density at radius 3 is 2.75 bits per heavy atom. The summed E-state index contributed by atoms with van der Waals surface area (Å²) in [6, 6.07) is 0.796. The van der Waals surface area contributed by atoms with Gasteiger partial charge in [0.15, 0.2) is 0 Å². The average molecular weight is 217 g/mol. The third-order valence-corrected chi connectivity index (χ3v) is 4.33. The quantitative estimate of drug-likeness (QED) is 0.822. The van der Waals surface area contributed by atoms with Gasteiger partial charge in [-0.3, -0.25) is 0 Å². The van der Waals surface area contributed by atoms with Gasteiger partial charge in [-0.1, -0.05) is 0 Å². The van der Waals surface area contributed by atoms with Crippen molar-refractivity contribution in [1.29, 1.82) is 0 Å². The second-order valence-corrected chi connectivity index (χ2v) is 5.52. The van der Waals surface area contributed by atoms with Crippen LogP contribution in [0, 0.1) is 0 Å². The molecule has 2 heterocycles. The first-order chi connectivity index (χ1) is 7.93. The van der Waals surface area contributed by atoms with E-state index in [1.54, 1.807) is 5.69 Å². The van der Waals surface area contributed by atoms with E-state index >= 15 is 0 Å². The molecule has 86 valence electrons. The minimum Gasteiger partial charge on any atom is -0.328 e. The summed E-state index contributed by atoms with van der Waals surface area (Å²) in [5.74, 6) is 2.23. The molecular formula is C13H19N3. The molecule has 0 saturated heterocycles. The SMILES string of the molecule is C1CC(n2c(C3CC3)nc3c2CCNC3)C1. The zero-order chi connectivity index (χ0) is 10.5. The lowest BCUT2D eigenvalue weighted by Gasteiger charge is -2.31. The highest BCUT2D eigenvalue weighted by Crippen LogP contribution is 2.44. The maximum Gasteiger partial charge on any atom is 0.112 e. The monoisotopic (exact) mass is 217 g/mol. The minimum absolute atomic E-state index is 0.796. The van der Waals surface area contributed by atoms with Gasteiger partial charge in [0.25, 0.3) is 0 Å². The van der Waals surface area contributed by atoms with Crippen molar-refractivity contribution in [2.75, 3.05) is 6.54 Å². The normalized spacial score (nSPS) is 25.2. The molecule has 0 radical (unpaired) electrons. The lowest BCUT2D eigenvalue weighted by atomic mass is 9.92. The van der Waals surface area contributed by atoms with E-state index in [-0.39, 0.29) is 0 Å². The highest BCUT2D eigenvalue weighted by Gasteiger charge is 2.35. The van der Waals surface area contributed by atoms with Gasteiger partial charge in [-0.2, -0.15) is 0 Å². The van der Waals surface area contributed by atoms with Crippen molar-refractivity contribution in [3.63, 3.8) is 0 Å². The van der Waals surface area contributed by atoms with Crippen LogP contribution in [0.2, 0.25) is 0 Å². The van der Waals surface area contributed by atoms with E-state index in [1.807, 2.05) is 0 Å². The number of aromatic nitrogens is 2. The Morgan fingerprint density at radius 1 is 1.19 bits per heavy atom. The average Bonchev–Trinajstić information content (AvgIpc) is 3.01. The van der Waals surface area contributed by atoms with Crippen molar-refractivity contribution in [2.24, 2.45) is 0 Å². The Balaban J connectivity index is 1.81. The fourth-order valence-electron chi connectivity index (χ4n) is 3.04. The van der Waals surface area contributed by atoms with Gasteiger partial charge in [-0.05, 0) is 32.1 Å². The van der Waals surface area contributed by atoms with Crippen LogP contribution in [0.25, 0.3) is 0 Å². The van der Waals surface area contributed by atoms with E-state index < -0.39 is 0 Å². The first-order valence-electron chi connectivity index (χ1n) is 6.74. The third-order valence-electron chi connectivity index (χ3n) is 4.33. The van der Waals surface area contributed by atoms with Gasteiger partial charge in [0.2, 0.25) is 0 Å². The zero-order valence-electron chi connectivity index (χ0n) is 9.71. The molecular weight excluding hydrogens is 198 g/mol. The predicted octanol–water partition coefficient (Wildman–Crippen LogP) is 2.13. The largest absolute Gasteiger partial charge is 0.328 e. The number of rotatable bonds is 2. The van der Waals surface area contributed by atoms with E-state index in [2.05, 4.69) is 9.88 Å². The Hall–Kier alpha value is -0.830. The van der Waals surface area contributed by atoms with Gasteiger partial charge in [0.1, 0.15) is 5.82 Å². The minimum atomic E-state index is 0.796. The summed E-state index contributed by atoms with van der Waals surface area (Å²) >= 11 is 0. The summed E-state index contributed by atoms with van der Waals surface area (Å²) in [5.41, 5.74) is 2.91. The van der Waals surface area contributed by atoms with E-state index in [0.717, 1.165) is 25.0 Å². The Bertz CT molecular complexity index is 413. The highest BCUT2D eigenvalue weighted by atomic mass is 15.2. The lowest BCUT2D eigenvalue weighted by molar-refractivity contribution is 0.298. The summed E-state index contributed by atoms with van der Waals surface area (Å²) in [6.07, 6.45) is 8.11. The first-order valence-corrected chi connectivity index (χ1v) is 6.74. The van der Waals surface area contributed by atoms with E-state index in [4.69, 9.17) is 4.98 Å². The van der Waals surface area contributed by atoms with Crippen molar-refractivity contribution in [1.82, 2.24) is 14.9 Å². The van der Waals surface area contributed by atoms with Crippen molar-refractivity contribution in [3.8, 4) is 0 Å². The van der Waals surface area contributed by atoms with Crippen LogP contribution in [-0.4, -0.2) is 16.1 Å². The van der Waals surface area contributed by atoms with Crippen molar-refractivity contribution < 1.29 is 0 Å². The molecule has 1 N–H and O–H groups in total. The van der Waals surface area contributed by atoms with Gasteiger partial charge in [0.05, 0.1) is 5.69 Å². The molecule has 2 saturated carbocycles. The fraction of sp³-hybridized carbons (Fsp3) is 0.769. The van der Waals surface area contributed by atoms with Crippen LogP contribution in [0.1, 0.15) is 61.3 Å². The van der Waals surface area contributed by atoms with Gasteiger partial charge < -0.3 is 9.88 Å². The fourth-order valence-corrected chi connectivity index (χ4v) is 3.04. The molecule has 3 heteroatoms. The number of hydrogen-bond acceptors (Lipinski definition) is 2. The Labute approximate surface area is 96.3 Å². The van der Waals surface area contributed by atoms with Crippen LogP contribution in [-0.2, 0) is 13.0 Å². The maximum atomic E-state index is 4.92. The van der Waals surface area contributed by atoms with E-state index in [0.29, 0.717) is 0 Å². The molecule has 0 aromatic carbocycles. The maximum absolute atomic E-state index is 4.92. The molecule has 1 aromatic rings. The second kappa shape index (κ2) is 3.33. The molecule has 2 aliphatic carbocycles.